The van der Waals surface area contributed by atoms with E-state index in [2.05, 4.69) is 0 Å². The number of allylic oxidation sites excluding steroid dienone is 1. The fraction of sp³-hybridized carbons (Fsp3) is 0.238. The minimum absolute atomic E-state index is 0.171. The number of halogens is 4. The Bertz CT molecular complexity index is 1160. The second-order valence-electron chi connectivity index (χ2n) is 7.60. The maximum atomic E-state index is 12.8. The molecule has 0 heterocycles. The summed E-state index contributed by atoms with van der Waals surface area (Å²) in [4.78, 5) is 23.1. The van der Waals surface area contributed by atoms with Crippen molar-refractivity contribution in [3.63, 3.8) is 0 Å². The molecule has 0 aromatic heterocycles. The number of Topliss-reactive ketones (excluding diaryl/α,β-unsaturated/α-hetero) is 1. The monoisotopic (exact) mass is 468 g/mol. The molecule has 32 heavy (non-hydrogen) atoms. The van der Waals surface area contributed by atoms with Crippen molar-refractivity contribution in [2.75, 3.05) is 0 Å². The van der Waals surface area contributed by atoms with E-state index >= 15 is 0 Å². The van der Waals surface area contributed by atoms with Crippen molar-refractivity contribution in [1.82, 2.24) is 0 Å². The van der Waals surface area contributed by atoms with Crippen LogP contribution in [0.2, 0.25) is 5.02 Å². The van der Waals surface area contributed by atoms with Crippen LogP contribution in [0, 0.1) is 26.9 Å². The number of nitro groups is 1. The third-order valence-electron chi connectivity index (χ3n) is 4.16. The molecule has 7 nitrogen and oxygen atoms in total. The summed E-state index contributed by atoms with van der Waals surface area (Å²) in [6.45, 7) is 4.54. The predicted octanol–water partition coefficient (Wildman–Crippen LogP) is 6.47. The molecular formula is C21H16ClF3N2O5. The summed E-state index contributed by atoms with van der Waals surface area (Å²) in [5.41, 5.74) is -3.79. The van der Waals surface area contributed by atoms with Crippen LogP contribution in [0.25, 0.3) is 5.76 Å². The Morgan fingerprint density at radius 2 is 1.81 bits per heavy atom. The van der Waals surface area contributed by atoms with Gasteiger partial charge in [0, 0.05) is 5.41 Å². The van der Waals surface area contributed by atoms with E-state index in [1.165, 1.54) is 26.8 Å². The van der Waals surface area contributed by atoms with Crippen LogP contribution in [-0.2, 0) is 11.0 Å². The standard InChI is InChI=1S/C21H16ClF3N2O5/c1-20(2,3)19(29)14(10-26)18(28)13-6-5-12(9-16(13)27(30)31)32-17-7-4-11(8-15(17)22)21(23,24)25/h4-9,28H,1-3H3/b18-14-. The summed E-state index contributed by atoms with van der Waals surface area (Å²) < 4.78 is 43.6. The number of alkyl halides is 3. The summed E-state index contributed by atoms with van der Waals surface area (Å²) in [5, 5.41) is 30.9. The molecule has 0 saturated carbocycles. The minimum Gasteiger partial charge on any atom is -0.506 e. The smallest absolute Gasteiger partial charge is 0.416 e. The largest absolute Gasteiger partial charge is 0.506 e. The number of aliphatic hydroxyl groups excluding tert-OH is 1. The number of carbonyl (C=O) groups excluding carboxylic acids is 1. The number of ether oxygens (including phenoxy) is 1. The topological polar surface area (TPSA) is 113 Å². The molecule has 0 atom stereocenters. The van der Waals surface area contributed by atoms with E-state index in [-0.39, 0.29) is 16.5 Å². The zero-order chi connectivity index (χ0) is 24.4. The van der Waals surface area contributed by atoms with Gasteiger partial charge in [0.2, 0.25) is 0 Å². The highest BCUT2D eigenvalue weighted by Crippen LogP contribution is 2.38. The lowest BCUT2D eigenvalue weighted by Crippen LogP contribution is -2.22. The van der Waals surface area contributed by atoms with Crippen molar-refractivity contribution in [2.24, 2.45) is 5.41 Å². The van der Waals surface area contributed by atoms with Crippen LogP contribution >= 0.6 is 11.6 Å². The maximum absolute atomic E-state index is 12.8. The molecule has 0 aliphatic rings. The van der Waals surface area contributed by atoms with Gasteiger partial charge in [0.15, 0.2) is 11.5 Å². The molecular weight excluding hydrogens is 453 g/mol. The highest BCUT2D eigenvalue weighted by Gasteiger charge is 2.32. The molecule has 2 aromatic rings. The quantitative estimate of drug-likeness (QED) is 0.177. The Morgan fingerprint density at radius 3 is 2.28 bits per heavy atom. The molecule has 0 saturated heterocycles. The summed E-state index contributed by atoms with van der Waals surface area (Å²) >= 11 is 5.83. The van der Waals surface area contributed by atoms with Crippen LogP contribution in [0.15, 0.2) is 42.0 Å². The molecule has 11 heteroatoms. The number of nitrogens with zero attached hydrogens (tertiary/aromatic N) is 2. The summed E-state index contributed by atoms with van der Waals surface area (Å²) in [6, 6.07) is 7.01. The first-order chi connectivity index (χ1) is 14.7. The van der Waals surface area contributed by atoms with Crippen LogP contribution in [0.4, 0.5) is 18.9 Å². The van der Waals surface area contributed by atoms with Crippen molar-refractivity contribution in [3.8, 4) is 17.6 Å². The number of hydrogen-bond donors (Lipinski definition) is 1. The molecule has 0 aliphatic carbocycles. The van der Waals surface area contributed by atoms with Crippen LogP contribution in [0.5, 0.6) is 11.5 Å². The van der Waals surface area contributed by atoms with Gasteiger partial charge in [-0.2, -0.15) is 18.4 Å². The highest BCUT2D eigenvalue weighted by atomic mass is 35.5. The molecule has 0 unspecified atom stereocenters. The number of benzene rings is 2. The van der Waals surface area contributed by atoms with Crippen LogP contribution in [-0.4, -0.2) is 15.8 Å². The van der Waals surface area contributed by atoms with E-state index in [1.807, 2.05) is 0 Å². The molecule has 2 rings (SSSR count). The van der Waals surface area contributed by atoms with E-state index in [9.17, 15) is 38.4 Å². The number of aliphatic hydroxyl groups is 1. The first kappa shape index (κ1) is 24.7. The lowest BCUT2D eigenvalue weighted by molar-refractivity contribution is -0.385. The Kier molecular flexibility index (Phi) is 6.85. The average molecular weight is 469 g/mol. The fourth-order valence-electron chi connectivity index (χ4n) is 2.53. The van der Waals surface area contributed by atoms with Crippen molar-refractivity contribution in [1.29, 1.82) is 5.26 Å². The molecule has 2 aromatic carbocycles. The number of nitriles is 1. The van der Waals surface area contributed by atoms with Gasteiger partial charge in [-0.25, -0.2) is 0 Å². The summed E-state index contributed by atoms with van der Waals surface area (Å²) in [6.07, 6.45) is -4.62. The Balaban J connectivity index is 2.52. The number of hydrogen-bond acceptors (Lipinski definition) is 6. The van der Waals surface area contributed by atoms with Crippen LogP contribution < -0.4 is 4.74 Å². The predicted molar refractivity (Wildman–Crippen MR) is 109 cm³/mol. The Morgan fingerprint density at radius 1 is 1.19 bits per heavy atom. The SMILES string of the molecule is CC(C)(C)C(=O)/C(C#N)=C(\O)c1ccc(Oc2ccc(C(F)(F)F)cc2Cl)cc1[N+](=O)[O-]. The van der Waals surface area contributed by atoms with Crippen LogP contribution in [0.1, 0.15) is 31.9 Å². The zero-order valence-electron chi connectivity index (χ0n) is 17.0. The molecule has 0 spiro atoms. The number of ketones is 1. The summed E-state index contributed by atoms with van der Waals surface area (Å²) in [7, 11) is 0. The molecule has 0 aliphatic heterocycles. The third-order valence-corrected chi connectivity index (χ3v) is 4.46. The van der Waals surface area contributed by atoms with Crippen molar-refractivity contribution in [3.05, 3.63) is 68.2 Å². The summed E-state index contributed by atoms with van der Waals surface area (Å²) in [5.74, 6) is -1.96. The second-order valence-corrected chi connectivity index (χ2v) is 8.00. The molecule has 168 valence electrons. The van der Waals surface area contributed by atoms with Gasteiger partial charge in [-0.1, -0.05) is 32.4 Å². The van der Waals surface area contributed by atoms with Gasteiger partial charge >= 0.3 is 6.18 Å². The first-order valence-electron chi connectivity index (χ1n) is 8.88. The van der Waals surface area contributed by atoms with E-state index in [0.717, 1.165) is 24.3 Å². The average Bonchev–Trinajstić information content (AvgIpc) is 2.68. The van der Waals surface area contributed by atoms with E-state index < -0.39 is 50.4 Å². The van der Waals surface area contributed by atoms with Gasteiger partial charge in [-0.15, -0.1) is 0 Å². The Hall–Kier alpha value is -3.58. The molecule has 0 amide bonds. The number of carbonyl (C=O) groups is 1. The molecule has 0 bridgehead atoms. The van der Waals surface area contributed by atoms with Gasteiger partial charge in [0.1, 0.15) is 23.1 Å². The van der Waals surface area contributed by atoms with E-state index in [0.29, 0.717) is 6.07 Å². The van der Waals surface area contributed by atoms with Crippen LogP contribution in [0.3, 0.4) is 0 Å². The van der Waals surface area contributed by atoms with E-state index in [4.69, 9.17) is 16.3 Å². The van der Waals surface area contributed by atoms with Gasteiger partial charge in [0.05, 0.1) is 27.1 Å². The number of rotatable bonds is 5. The third kappa shape index (κ3) is 5.36. The Labute approximate surface area is 185 Å². The van der Waals surface area contributed by atoms with E-state index in [1.54, 1.807) is 6.07 Å². The molecule has 0 radical (unpaired) electrons. The van der Waals surface area contributed by atoms with Gasteiger partial charge in [-0.05, 0) is 30.3 Å². The fourth-order valence-corrected chi connectivity index (χ4v) is 2.75. The highest BCUT2D eigenvalue weighted by molar-refractivity contribution is 6.32. The molecule has 1 N–H and O–H groups in total. The maximum Gasteiger partial charge on any atom is 0.416 e. The lowest BCUT2D eigenvalue weighted by Gasteiger charge is -2.16. The number of nitro benzene ring substituents is 1. The van der Waals surface area contributed by atoms with Crippen molar-refractivity contribution >= 4 is 28.8 Å². The normalized spacial score (nSPS) is 12.6. The van der Waals surface area contributed by atoms with Crippen molar-refractivity contribution in [2.45, 2.75) is 26.9 Å². The van der Waals surface area contributed by atoms with Gasteiger partial charge in [-0.3, -0.25) is 14.9 Å². The van der Waals surface area contributed by atoms with Gasteiger partial charge < -0.3 is 9.84 Å². The minimum atomic E-state index is -4.62. The van der Waals surface area contributed by atoms with Gasteiger partial charge in [0.25, 0.3) is 5.69 Å². The van der Waals surface area contributed by atoms with Crippen molar-refractivity contribution < 1.29 is 32.7 Å². The lowest BCUT2D eigenvalue weighted by atomic mass is 9.85. The zero-order valence-corrected chi connectivity index (χ0v) is 17.7. The second kappa shape index (κ2) is 8.88. The molecule has 0 fully saturated rings. The first-order valence-corrected chi connectivity index (χ1v) is 9.26.